The van der Waals surface area contributed by atoms with Gasteiger partial charge in [-0.3, -0.25) is 9.59 Å². The Labute approximate surface area is 269 Å². The second-order valence-electron chi connectivity index (χ2n) is 11.2. The average molecular weight is 685 g/mol. The summed E-state index contributed by atoms with van der Waals surface area (Å²) in [6, 6.07) is 32.2. The number of hydrogen-bond acceptors (Lipinski definition) is 7. The number of hydrogen-bond donors (Lipinski definition) is 0. The summed E-state index contributed by atoms with van der Waals surface area (Å²) >= 11 is 0. The molecule has 3 unspecified atom stereocenters. The summed E-state index contributed by atoms with van der Waals surface area (Å²) in [5, 5.41) is -5.96. The zero-order valence-electron chi connectivity index (χ0n) is 25.6. The average Bonchev–Trinajstić information content (AvgIpc) is 3.45. The lowest BCUT2D eigenvalue weighted by molar-refractivity contribution is -0.206. The summed E-state index contributed by atoms with van der Waals surface area (Å²) in [5.41, 5.74) is 0. The van der Waals surface area contributed by atoms with Gasteiger partial charge in [0.2, 0.25) is 0 Å². The third-order valence-electron chi connectivity index (χ3n) is 7.01. The van der Waals surface area contributed by atoms with Crippen molar-refractivity contribution in [3.63, 3.8) is 0 Å². The first kappa shape index (κ1) is 37.0. The molecule has 3 atom stereocenters. The van der Waals surface area contributed by atoms with Gasteiger partial charge in [0.05, 0.1) is 34.9 Å². The van der Waals surface area contributed by atoms with E-state index < -0.39 is 76.0 Å². The fourth-order valence-electron chi connectivity index (χ4n) is 5.00. The van der Waals surface area contributed by atoms with E-state index in [2.05, 4.69) is 91.0 Å². The molecule has 0 aliphatic heterocycles. The second-order valence-corrected chi connectivity index (χ2v) is 14.6. The predicted octanol–water partition coefficient (Wildman–Crippen LogP) is 7.09. The Balaban J connectivity index is 0.000000264. The van der Waals surface area contributed by atoms with Gasteiger partial charge >= 0.3 is 23.1 Å². The monoisotopic (exact) mass is 684 g/mol. The van der Waals surface area contributed by atoms with Gasteiger partial charge in [-0.1, -0.05) is 54.6 Å². The maximum Gasteiger partial charge on any atom is 0.396 e. The van der Waals surface area contributed by atoms with Crippen molar-refractivity contribution in [2.45, 2.75) is 78.6 Å². The van der Waals surface area contributed by atoms with E-state index in [1.807, 2.05) is 0 Å². The van der Waals surface area contributed by atoms with Gasteiger partial charge in [-0.15, -0.1) is 0 Å². The third kappa shape index (κ3) is 8.89. The maximum atomic E-state index is 14.4. The Hall–Kier alpha value is -3.42. The van der Waals surface area contributed by atoms with Gasteiger partial charge in [-0.05, 0) is 76.9 Å². The van der Waals surface area contributed by atoms with Gasteiger partial charge in [0, 0.05) is 5.92 Å². The highest BCUT2D eigenvalue weighted by Crippen LogP contribution is 2.53. The number of carbonyl (C=O) groups excluding carboxylic acids is 2. The quantitative estimate of drug-likeness (QED) is 0.0971. The van der Waals surface area contributed by atoms with Crippen LogP contribution in [0.5, 0.6) is 0 Å². The first-order chi connectivity index (χ1) is 21.5. The van der Waals surface area contributed by atoms with Crippen molar-refractivity contribution in [3.8, 4) is 0 Å². The van der Waals surface area contributed by atoms with E-state index in [1.165, 1.54) is 42.4 Å². The van der Waals surface area contributed by atoms with Crippen LogP contribution in [-0.2, 0) is 40.1 Å². The zero-order chi connectivity index (χ0) is 34.3. The van der Waals surface area contributed by atoms with Gasteiger partial charge in [0.25, 0.3) is 0 Å². The number of rotatable bonds is 10. The van der Waals surface area contributed by atoms with Crippen molar-refractivity contribution in [3.05, 3.63) is 91.0 Å². The Morgan fingerprint density at radius 1 is 0.717 bits per heavy atom. The number of esters is 2. The molecule has 7 nitrogen and oxygen atoms in total. The first-order valence-corrected chi connectivity index (χ1v) is 17.1. The normalized spacial score (nSPS) is 18.7. The molecule has 0 spiro atoms. The number of alkyl halides is 4. The van der Waals surface area contributed by atoms with E-state index in [1.54, 1.807) is 0 Å². The smallest absolute Gasteiger partial charge is 0.396 e. The molecule has 0 radical (unpaired) electrons. The predicted molar refractivity (Wildman–Crippen MR) is 163 cm³/mol. The Bertz CT molecular complexity index is 1440. The molecule has 1 fully saturated rings. The largest absolute Gasteiger partial charge is 0.743 e. The molecule has 46 heavy (non-hydrogen) atoms. The van der Waals surface area contributed by atoms with Crippen molar-refractivity contribution in [1.29, 1.82) is 0 Å². The summed E-state index contributed by atoms with van der Waals surface area (Å²) in [5.74, 6) is -13.5. The number of carbonyl (C=O) groups is 2. The van der Waals surface area contributed by atoms with Crippen molar-refractivity contribution in [2.24, 2.45) is 17.8 Å². The van der Waals surface area contributed by atoms with Crippen LogP contribution in [0, 0.1) is 17.8 Å². The molecule has 0 amide bonds. The minimum Gasteiger partial charge on any atom is -0.743 e. The molecule has 0 aromatic heterocycles. The SMILES string of the molecule is CC(C)OC(=O)C1CC(C(=O)OC(C)C)C(C(F)(F)C(F)(F)S(=O)(=O)[O-])C1.c1ccc([S+](c2ccccc2)c2ccccc2)cc1. The molecule has 0 heterocycles. The minimum atomic E-state index is -6.73. The fourth-order valence-corrected chi connectivity index (χ4v) is 7.59. The van der Waals surface area contributed by atoms with E-state index in [0.29, 0.717) is 0 Å². The van der Waals surface area contributed by atoms with Crippen molar-refractivity contribution >= 4 is 33.0 Å². The van der Waals surface area contributed by atoms with Gasteiger partial charge < -0.3 is 14.0 Å². The van der Waals surface area contributed by atoms with Crippen LogP contribution in [0.4, 0.5) is 17.6 Å². The highest BCUT2D eigenvalue weighted by molar-refractivity contribution is 7.97. The molecule has 3 aromatic carbocycles. The molecule has 1 saturated carbocycles. The highest BCUT2D eigenvalue weighted by Gasteiger charge is 2.69. The van der Waals surface area contributed by atoms with Crippen LogP contribution in [0.1, 0.15) is 40.5 Å². The first-order valence-electron chi connectivity index (χ1n) is 14.5. The maximum absolute atomic E-state index is 14.4. The molecule has 4 rings (SSSR count). The van der Waals surface area contributed by atoms with Crippen LogP contribution < -0.4 is 0 Å². The number of halogens is 4. The summed E-state index contributed by atoms with van der Waals surface area (Å²) in [4.78, 5) is 28.2. The molecule has 0 bridgehead atoms. The third-order valence-corrected chi connectivity index (χ3v) is 10.1. The standard InChI is InChI=1S/C18H15S.C15H22F4O7S/c1-4-10-16(11-5-1)19(17-12-6-2-7-13-17)18-14-8-3-9-15-18;1-7(2)25-12(20)9-5-10(13(21)26-8(3)4)11(6-9)14(16,17)15(18,19)27(22,23)24/h1-15H;7-11H,5-6H2,1-4H3,(H,22,23,24)/q+1;/p-1. The van der Waals surface area contributed by atoms with Crippen LogP contribution in [0.25, 0.3) is 0 Å². The van der Waals surface area contributed by atoms with Crippen LogP contribution in [0.2, 0.25) is 0 Å². The highest BCUT2D eigenvalue weighted by atomic mass is 32.2. The van der Waals surface area contributed by atoms with Gasteiger partial charge in [0.15, 0.2) is 24.8 Å². The number of ether oxygens (including phenoxy) is 2. The van der Waals surface area contributed by atoms with Crippen molar-refractivity contribution < 1.29 is 49.6 Å². The van der Waals surface area contributed by atoms with E-state index >= 15 is 0 Å². The Morgan fingerprint density at radius 2 is 1.09 bits per heavy atom. The van der Waals surface area contributed by atoms with Crippen LogP contribution >= 0.6 is 0 Å². The molecule has 0 saturated heterocycles. The van der Waals surface area contributed by atoms with E-state index in [4.69, 9.17) is 9.47 Å². The molecular weight excluding hydrogens is 648 g/mol. The molecule has 1 aliphatic carbocycles. The van der Waals surface area contributed by atoms with Crippen LogP contribution in [-0.4, -0.2) is 48.3 Å². The molecule has 0 N–H and O–H groups in total. The lowest BCUT2D eigenvalue weighted by atomic mass is 9.89. The minimum absolute atomic E-state index is 0.0146. The lowest BCUT2D eigenvalue weighted by Gasteiger charge is -2.34. The molecular formula is C33H36F4O7S2. The lowest BCUT2D eigenvalue weighted by Crippen LogP contribution is -2.53. The second kappa shape index (κ2) is 15.4. The molecule has 250 valence electrons. The number of benzene rings is 3. The Kier molecular flexibility index (Phi) is 12.4. The van der Waals surface area contributed by atoms with E-state index in [0.717, 1.165) is 0 Å². The fraction of sp³-hybridized carbons (Fsp3) is 0.394. The van der Waals surface area contributed by atoms with Gasteiger partial charge in [-0.25, -0.2) is 8.42 Å². The van der Waals surface area contributed by atoms with Crippen LogP contribution in [0.15, 0.2) is 106 Å². The zero-order valence-corrected chi connectivity index (χ0v) is 27.3. The van der Waals surface area contributed by atoms with Gasteiger partial charge in [-0.2, -0.15) is 17.6 Å². The summed E-state index contributed by atoms with van der Waals surface area (Å²) in [6.45, 7) is 5.73. The van der Waals surface area contributed by atoms with Gasteiger partial charge in [0.1, 0.15) is 0 Å². The summed E-state index contributed by atoms with van der Waals surface area (Å²) in [6.07, 6.45) is -2.94. The Morgan fingerprint density at radius 3 is 1.43 bits per heavy atom. The molecule has 13 heteroatoms. The van der Waals surface area contributed by atoms with E-state index in [9.17, 15) is 40.1 Å². The summed E-state index contributed by atoms with van der Waals surface area (Å²) in [7, 11) is -6.74. The molecule has 3 aromatic rings. The topological polar surface area (TPSA) is 110 Å². The molecule has 1 aliphatic rings. The van der Waals surface area contributed by atoms with Crippen LogP contribution in [0.3, 0.4) is 0 Å². The van der Waals surface area contributed by atoms with Crippen molar-refractivity contribution in [1.82, 2.24) is 0 Å². The summed E-state index contributed by atoms with van der Waals surface area (Å²) < 4.78 is 97.7. The van der Waals surface area contributed by atoms with Crippen molar-refractivity contribution in [2.75, 3.05) is 0 Å². The van der Waals surface area contributed by atoms with E-state index in [-0.39, 0.29) is 10.9 Å².